The van der Waals surface area contributed by atoms with Crippen molar-refractivity contribution in [2.24, 2.45) is 0 Å². The largest absolute Gasteiger partial charge is 0.478 e. The van der Waals surface area contributed by atoms with Gasteiger partial charge in [-0.2, -0.15) is 0 Å². The van der Waals surface area contributed by atoms with E-state index in [0.717, 1.165) is 40.7 Å². The quantitative estimate of drug-likeness (QED) is 0.335. The van der Waals surface area contributed by atoms with Gasteiger partial charge < -0.3 is 15.2 Å². The normalized spacial score (nSPS) is 14.7. The molecule has 1 unspecified atom stereocenters. The third-order valence-electron chi connectivity index (χ3n) is 5.76. The molecule has 0 aromatic heterocycles. The van der Waals surface area contributed by atoms with Crippen LogP contribution in [0.5, 0.6) is 5.75 Å². The Bertz CT molecular complexity index is 1250. The number of aryl methyl sites for hydroxylation is 1. The van der Waals surface area contributed by atoms with Gasteiger partial charge in [-0.25, -0.2) is 9.18 Å². The van der Waals surface area contributed by atoms with Crippen LogP contribution in [0.1, 0.15) is 80.6 Å². The zero-order valence-corrected chi connectivity index (χ0v) is 22.7. The van der Waals surface area contributed by atoms with Crippen LogP contribution in [0.15, 0.2) is 90.5 Å². The van der Waals surface area contributed by atoms with Gasteiger partial charge in [-0.1, -0.05) is 64.1 Å². The molecule has 0 saturated heterocycles. The highest BCUT2D eigenvalue weighted by Gasteiger charge is 2.25. The van der Waals surface area contributed by atoms with Gasteiger partial charge in [0.05, 0.1) is 11.6 Å². The van der Waals surface area contributed by atoms with Crippen LogP contribution < -0.4 is 10.1 Å². The summed E-state index contributed by atoms with van der Waals surface area (Å²) < 4.78 is 19.8. The first-order chi connectivity index (χ1) is 17.7. The molecule has 0 bridgehead atoms. The number of hydrogen-bond donors (Lipinski definition) is 2. The molecule has 1 atom stereocenters. The zero-order valence-electron chi connectivity index (χ0n) is 22.7. The second-order valence-corrected chi connectivity index (χ2v) is 8.53. The zero-order chi connectivity index (χ0) is 27.5. The summed E-state index contributed by atoms with van der Waals surface area (Å²) in [5.41, 5.74) is 5.47. The van der Waals surface area contributed by atoms with Crippen molar-refractivity contribution in [3.8, 4) is 5.75 Å². The Morgan fingerprint density at radius 3 is 2.54 bits per heavy atom. The fraction of sp³-hybridized carbons (Fsp3) is 0.281. The monoisotopic (exact) mass is 503 g/mol. The number of carbonyl (C=O) groups is 1. The number of rotatable bonds is 9. The molecule has 0 aliphatic carbocycles. The third-order valence-corrected chi connectivity index (χ3v) is 5.76. The van der Waals surface area contributed by atoms with Crippen LogP contribution >= 0.6 is 0 Å². The summed E-state index contributed by atoms with van der Waals surface area (Å²) in [6, 6.07) is 10.8. The number of nitrogens with one attached hydrogen (secondary N) is 1. The maximum absolute atomic E-state index is 13.3. The summed E-state index contributed by atoms with van der Waals surface area (Å²) in [6.07, 6.45) is 10.9. The van der Waals surface area contributed by atoms with Gasteiger partial charge in [0.1, 0.15) is 17.3 Å². The highest BCUT2D eigenvalue weighted by Crippen LogP contribution is 2.42. The van der Waals surface area contributed by atoms with Gasteiger partial charge in [0.15, 0.2) is 0 Å². The van der Waals surface area contributed by atoms with E-state index in [1.165, 1.54) is 6.08 Å². The van der Waals surface area contributed by atoms with Gasteiger partial charge in [0.2, 0.25) is 0 Å². The third kappa shape index (κ3) is 7.56. The lowest BCUT2D eigenvalue weighted by atomic mass is 9.91. The van der Waals surface area contributed by atoms with E-state index in [1.54, 1.807) is 30.3 Å². The molecule has 5 heteroatoms. The van der Waals surface area contributed by atoms with E-state index in [0.29, 0.717) is 17.2 Å². The maximum atomic E-state index is 13.3. The van der Waals surface area contributed by atoms with E-state index in [-0.39, 0.29) is 11.6 Å². The highest BCUT2D eigenvalue weighted by molar-refractivity contribution is 5.94. The molecule has 3 rings (SSSR count). The summed E-state index contributed by atoms with van der Waals surface area (Å²) in [4.78, 5) is 11.7. The van der Waals surface area contributed by atoms with E-state index in [2.05, 4.69) is 37.0 Å². The lowest BCUT2D eigenvalue weighted by Crippen LogP contribution is -2.15. The van der Waals surface area contributed by atoms with Crippen LogP contribution in [-0.4, -0.2) is 11.1 Å². The van der Waals surface area contributed by atoms with Crippen molar-refractivity contribution >= 4 is 17.2 Å². The molecule has 4 nitrogen and oxygen atoms in total. The molecule has 0 spiro atoms. The number of benzene rings is 2. The second kappa shape index (κ2) is 14.0. The van der Waals surface area contributed by atoms with Crippen molar-refractivity contribution in [1.29, 1.82) is 0 Å². The van der Waals surface area contributed by atoms with Gasteiger partial charge in [-0.05, 0) is 74.8 Å². The number of para-hydroxylation sites is 1. The molecular weight excluding hydrogens is 465 g/mol. The molecule has 0 radical (unpaired) electrons. The minimum Gasteiger partial charge on any atom is -0.478 e. The molecule has 37 heavy (non-hydrogen) atoms. The Hall–Kier alpha value is -3.86. The standard InChI is InChI=1S/C30H32FNO3.C2H6/c1-6-8-11-23-18-28(22(7-2)15-14-20(4)31)35-29-25(16-19(3)17-26(23)29)21(5)32-27-13-10-9-12-24(27)30(33)34;1-2/h7,9-18,21,32H,4,6,8H2,1-3,5H3,(H,33,34);1-2H3/b15-14-,22-7+,23-11?;. The molecule has 0 saturated carbocycles. The minimum atomic E-state index is -0.989. The minimum absolute atomic E-state index is 0.207. The topological polar surface area (TPSA) is 58.6 Å². The van der Waals surface area contributed by atoms with Crippen molar-refractivity contribution in [2.75, 3.05) is 5.32 Å². The van der Waals surface area contributed by atoms with Crippen LogP contribution in [0.3, 0.4) is 0 Å². The SMILES string of the molecule is C=C(F)/C=C\C(=C/C)C1=CC(=CCCC)c2cc(C)cc(C(C)Nc3ccccc3C(=O)O)c2O1.CC. The van der Waals surface area contributed by atoms with Gasteiger partial charge in [0.25, 0.3) is 0 Å². The second-order valence-electron chi connectivity index (χ2n) is 8.53. The average Bonchev–Trinajstić information content (AvgIpc) is 2.88. The molecule has 2 aromatic rings. The highest BCUT2D eigenvalue weighted by atomic mass is 19.1. The Balaban J connectivity index is 0.00000235. The number of hydrogen-bond acceptors (Lipinski definition) is 3. The molecule has 0 fully saturated rings. The van der Waals surface area contributed by atoms with Gasteiger partial charge in [0, 0.05) is 22.4 Å². The van der Waals surface area contributed by atoms with E-state index < -0.39 is 11.8 Å². The fourth-order valence-corrected chi connectivity index (χ4v) is 4.03. The van der Waals surface area contributed by atoms with Crippen molar-refractivity contribution in [1.82, 2.24) is 0 Å². The lowest BCUT2D eigenvalue weighted by molar-refractivity contribution is 0.0698. The number of ether oxygens (including phenoxy) is 1. The number of aromatic carboxylic acids is 1. The number of allylic oxidation sites excluding steroid dienone is 7. The summed E-state index contributed by atoms with van der Waals surface area (Å²) >= 11 is 0. The molecule has 196 valence electrons. The summed E-state index contributed by atoms with van der Waals surface area (Å²) in [6.45, 7) is 15.3. The van der Waals surface area contributed by atoms with Crippen molar-refractivity contribution in [2.45, 2.75) is 60.4 Å². The van der Waals surface area contributed by atoms with E-state index in [1.807, 2.05) is 46.8 Å². The van der Waals surface area contributed by atoms with Crippen molar-refractivity contribution in [3.05, 3.63) is 113 Å². The first-order valence-electron chi connectivity index (χ1n) is 12.8. The average molecular weight is 504 g/mol. The first-order valence-corrected chi connectivity index (χ1v) is 12.8. The predicted molar refractivity (Wildman–Crippen MR) is 153 cm³/mol. The fourth-order valence-electron chi connectivity index (χ4n) is 4.03. The van der Waals surface area contributed by atoms with Crippen LogP contribution in [0, 0.1) is 6.92 Å². The van der Waals surface area contributed by atoms with Gasteiger partial charge in [-0.3, -0.25) is 0 Å². The molecule has 0 amide bonds. The van der Waals surface area contributed by atoms with E-state index in [4.69, 9.17) is 4.74 Å². The Morgan fingerprint density at radius 2 is 1.92 bits per heavy atom. The number of halogens is 1. The van der Waals surface area contributed by atoms with E-state index in [9.17, 15) is 14.3 Å². The van der Waals surface area contributed by atoms with Crippen LogP contribution in [0.25, 0.3) is 5.57 Å². The number of unbranched alkanes of at least 4 members (excludes halogenated alkanes) is 1. The predicted octanol–water partition coefficient (Wildman–Crippen LogP) is 9.34. The van der Waals surface area contributed by atoms with Crippen LogP contribution in [-0.2, 0) is 0 Å². The molecule has 1 heterocycles. The molecular formula is C32H38FNO3. The molecule has 2 aromatic carbocycles. The summed E-state index contributed by atoms with van der Waals surface area (Å²) in [5, 5.41) is 12.9. The first kappa shape index (κ1) is 29.4. The van der Waals surface area contributed by atoms with Crippen LogP contribution in [0.4, 0.5) is 10.1 Å². The van der Waals surface area contributed by atoms with E-state index >= 15 is 0 Å². The van der Waals surface area contributed by atoms with Gasteiger partial charge >= 0.3 is 5.97 Å². The lowest BCUT2D eigenvalue weighted by Gasteiger charge is -2.27. The molecule has 2 N–H and O–H groups in total. The smallest absolute Gasteiger partial charge is 0.337 e. The summed E-state index contributed by atoms with van der Waals surface area (Å²) in [5.74, 6) is -0.205. The van der Waals surface area contributed by atoms with Crippen LogP contribution in [0.2, 0.25) is 0 Å². The molecule has 1 aliphatic rings. The summed E-state index contributed by atoms with van der Waals surface area (Å²) in [7, 11) is 0. The number of carboxylic acids is 1. The van der Waals surface area contributed by atoms with Gasteiger partial charge in [-0.15, -0.1) is 0 Å². The Morgan fingerprint density at radius 1 is 1.22 bits per heavy atom. The Kier molecular flexibility index (Phi) is 11.1. The molecule has 1 aliphatic heterocycles. The number of carboxylic acid groups (broad SMARTS) is 1. The van der Waals surface area contributed by atoms with Crippen molar-refractivity contribution < 1.29 is 19.0 Å². The number of fused-ring (bicyclic) bond motifs is 1. The van der Waals surface area contributed by atoms with Crippen molar-refractivity contribution in [3.63, 3.8) is 0 Å². The number of anilines is 1. The maximum Gasteiger partial charge on any atom is 0.337 e. The Labute approximate surface area is 220 Å².